The van der Waals surface area contributed by atoms with Gasteiger partial charge in [0, 0.05) is 12.7 Å². The SMILES string of the molecule is O=C(NCC1(O)CCCC1)c1cnn(-c2ccccc2Cl)c1. The van der Waals surface area contributed by atoms with Crippen LogP contribution < -0.4 is 5.32 Å². The molecule has 1 aromatic carbocycles. The van der Waals surface area contributed by atoms with E-state index < -0.39 is 5.60 Å². The first-order valence-electron chi connectivity index (χ1n) is 7.38. The molecular formula is C16H18ClN3O2. The molecule has 2 N–H and O–H groups in total. The lowest BCUT2D eigenvalue weighted by molar-refractivity contribution is 0.0449. The molecule has 3 rings (SSSR count). The number of hydrogen-bond donors (Lipinski definition) is 2. The summed E-state index contributed by atoms with van der Waals surface area (Å²) >= 11 is 6.12. The van der Waals surface area contributed by atoms with Crippen molar-refractivity contribution in [3.8, 4) is 5.69 Å². The van der Waals surface area contributed by atoms with Gasteiger partial charge in [-0.3, -0.25) is 4.79 Å². The fourth-order valence-corrected chi connectivity index (χ4v) is 2.99. The van der Waals surface area contributed by atoms with Crippen molar-refractivity contribution in [1.82, 2.24) is 15.1 Å². The molecule has 0 atom stereocenters. The van der Waals surface area contributed by atoms with E-state index in [-0.39, 0.29) is 12.5 Å². The second-order valence-electron chi connectivity index (χ2n) is 5.74. The third-order valence-electron chi connectivity index (χ3n) is 4.06. The average Bonchev–Trinajstić information content (AvgIpc) is 3.15. The lowest BCUT2D eigenvalue weighted by Gasteiger charge is -2.22. The molecule has 0 aliphatic heterocycles. The van der Waals surface area contributed by atoms with Gasteiger partial charge in [-0.2, -0.15) is 5.10 Å². The molecule has 0 spiro atoms. The van der Waals surface area contributed by atoms with Crippen LogP contribution in [0.1, 0.15) is 36.0 Å². The number of nitrogens with zero attached hydrogens (tertiary/aromatic N) is 2. The Hall–Kier alpha value is -1.85. The minimum atomic E-state index is -0.756. The highest BCUT2D eigenvalue weighted by atomic mass is 35.5. The molecule has 2 aromatic rings. The van der Waals surface area contributed by atoms with Crippen molar-refractivity contribution in [2.75, 3.05) is 6.54 Å². The minimum absolute atomic E-state index is 0.237. The van der Waals surface area contributed by atoms with E-state index >= 15 is 0 Å². The van der Waals surface area contributed by atoms with Crippen molar-refractivity contribution < 1.29 is 9.90 Å². The summed E-state index contributed by atoms with van der Waals surface area (Å²) < 4.78 is 1.57. The fraction of sp³-hybridized carbons (Fsp3) is 0.375. The second kappa shape index (κ2) is 6.10. The molecule has 1 aromatic heterocycles. The molecule has 0 unspecified atom stereocenters. The van der Waals surface area contributed by atoms with Gasteiger partial charge in [0.2, 0.25) is 0 Å². The highest BCUT2D eigenvalue weighted by Gasteiger charge is 2.31. The second-order valence-corrected chi connectivity index (χ2v) is 6.15. The number of aliphatic hydroxyl groups is 1. The molecule has 22 heavy (non-hydrogen) atoms. The quantitative estimate of drug-likeness (QED) is 0.910. The van der Waals surface area contributed by atoms with E-state index in [4.69, 9.17) is 11.6 Å². The number of amides is 1. The van der Waals surface area contributed by atoms with Gasteiger partial charge in [-0.05, 0) is 25.0 Å². The van der Waals surface area contributed by atoms with Gasteiger partial charge >= 0.3 is 0 Å². The van der Waals surface area contributed by atoms with Crippen LogP contribution in [0.5, 0.6) is 0 Å². The van der Waals surface area contributed by atoms with Crippen LogP contribution in [0.2, 0.25) is 5.02 Å². The van der Waals surface area contributed by atoms with Crippen molar-refractivity contribution in [2.24, 2.45) is 0 Å². The van der Waals surface area contributed by atoms with E-state index in [2.05, 4.69) is 10.4 Å². The molecule has 1 saturated carbocycles. The normalized spacial score (nSPS) is 16.6. The van der Waals surface area contributed by atoms with Gasteiger partial charge < -0.3 is 10.4 Å². The highest BCUT2D eigenvalue weighted by Crippen LogP contribution is 2.28. The number of benzene rings is 1. The number of hydrogen-bond acceptors (Lipinski definition) is 3. The zero-order valence-electron chi connectivity index (χ0n) is 12.1. The fourth-order valence-electron chi connectivity index (χ4n) is 2.77. The van der Waals surface area contributed by atoms with Crippen molar-refractivity contribution in [3.63, 3.8) is 0 Å². The standard InChI is InChI=1S/C16H18ClN3O2/c17-13-5-1-2-6-14(13)20-10-12(9-19-20)15(21)18-11-16(22)7-3-4-8-16/h1-2,5-6,9-10,22H,3-4,7-8,11H2,(H,18,21). The minimum Gasteiger partial charge on any atom is -0.388 e. The maximum atomic E-state index is 12.2. The van der Waals surface area contributed by atoms with Crippen molar-refractivity contribution in [2.45, 2.75) is 31.3 Å². The van der Waals surface area contributed by atoms with Crippen LogP contribution in [0.3, 0.4) is 0 Å². The largest absolute Gasteiger partial charge is 0.388 e. The van der Waals surface area contributed by atoms with E-state index in [1.807, 2.05) is 18.2 Å². The zero-order chi connectivity index (χ0) is 15.6. The number of halogens is 1. The van der Waals surface area contributed by atoms with Gasteiger partial charge in [0.05, 0.1) is 28.1 Å². The van der Waals surface area contributed by atoms with Gasteiger partial charge in [0.25, 0.3) is 5.91 Å². The molecule has 116 valence electrons. The van der Waals surface area contributed by atoms with Crippen LogP contribution >= 0.6 is 11.6 Å². The number of carbonyl (C=O) groups is 1. The smallest absolute Gasteiger partial charge is 0.254 e. The summed E-state index contributed by atoms with van der Waals surface area (Å²) in [6, 6.07) is 7.30. The molecule has 1 aliphatic rings. The summed E-state index contributed by atoms with van der Waals surface area (Å²) in [6.07, 6.45) is 6.64. The molecule has 0 radical (unpaired) electrons. The number of aromatic nitrogens is 2. The van der Waals surface area contributed by atoms with Crippen LogP contribution in [-0.4, -0.2) is 32.9 Å². The number of para-hydroxylation sites is 1. The van der Waals surface area contributed by atoms with Gasteiger partial charge in [-0.1, -0.05) is 36.6 Å². The zero-order valence-corrected chi connectivity index (χ0v) is 12.9. The topological polar surface area (TPSA) is 67.2 Å². The van der Waals surface area contributed by atoms with Crippen LogP contribution in [0.25, 0.3) is 5.69 Å². The first-order chi connectivity index (χ1) is 10.6. The summed E-state index contributed by atoms with van der Waals surface area (Å²) in [4.78, 5) is 12.2. The van der Waals surface area contributed by atoms with E-state index in [1.165, 1.54) is 6.20 Å². The maximum absolute atomic E-state index is 12.2. The molecule has 1 heterocycles. The Morgan fingerprint density at radius 1 is 1.36 bits per heavy atom. The van der Waals surface area contributed by atoms with Crippen LogP contribution in [0, 0.1) is 0 Å². The average molecular weight is 320 g/mol. The summed E-state index contributed by atoms with van der Waals surface area (Å²) in [6.45, 7) is 0.281. The van der Waals surface area contributed by atoms with Gasteiger partial charge in [0.15, 0.2) is 0 Å². The molecular weight excluding hydrogens is 302 g/mol. The first-order valence-corrected chi connectivity index (χ1v) is 7.75. The monoisotopic (exact) mass is 319 g/mol. The summed E-state index contributed by atoms with van der Waals surface area (Å²) in [5.41, 5.74) is 0.410. The lowest BCUT2D eigenvalue weighted by atomic mass is 10.0. The van der Waals surface area contributed by atoms with Crippen LogP contribution in [0.4, 0.5) is 0 Å². The highest BCUT2D eigenvalue weighted by molar-refractivity contribution is 6.32. The van der Waals surface area contributed by atoms with Gasteiger partial charge in [-0.15, -0.1) is 0 Å². The molecule has 6 heteroatoms. The predicted molar refractivity (Wildman–Crippen MR) is 84.3 cm³/mol. The molecule has 5 nitrogen and oxygen atoms in total. The molecule has 0 saturated heterocycles. The van der Waals surface area contributed by atoms with E-state index in [9.17, 15) is 9.90 Å². The Kier molecular flexibility index (Phi) is 4.18. The number of carbonyl (C=O) groups excluding carboxylic acids is 1. The summed E-state index contributed by atoms with van der Waals surface area (Å²) in [5.74, 6) is -0.237. The first kappa shape index (κ1) is 15.1. The summed E-state index contributed by atoms with van der Waals surface area (Å²) in [5, 5.41) is 17.8. The Morgan fingerprint density at radius 3 is 2.82 bits per heavy atom. The molecule has 1 fully saturated rings. The third-order valence-corrected chi connectivity index (χ3v) is 4.38. The third kappa shape index (κ3) is 3.15. The van der Waals surface area contributed by atoms with E-state index in [1.54, 1.807) is 16.9 Å². The van der Waals surface area contributed by atoms with Crippen molar-refractivity contribution in [1.29, 1.82) is 0 Å². The van der Waals surface area contributed by atoms with Crippen molar-refractivity contribution >= 4 is 17.5 Å². The summed E-state index contributed by atoms with van der Waals surface area (Å²) in [7, 11) is 0. The Morgan fingerprint density at radius 2 is 2.09 bits per heavy atom. The van der Waals surface area contributed by atoms with Crippen LogP contribution in [0.15, 0.2) is 36.7 Å². The molecule has 1 aliphatic carbocycles. The lowest BCUT2D eigenvalue weighted by Crippen LogP contribution is -2.40. The van der Waals surface area contributed by atoms with Crippen LogP contribution in [-0.2, 0) is 0 Å². The number of rotatable bonds is 4. The Bertz CT molecular complexity index is 678. The Labute approximate surface area is 133 Å². The molecule has 0 bridgehead atoms. The van der Waals surface area contributed by atoms with Gasteiger partial charge in [0.1, 0.15) is 0 Å². The predicted octanol–water partition coefficient (Wildman–Crippen LogP) is 2.56. The number of nitrogens with one attached hydrogen (secondary N) is 1. The molecule has 1 amide bonds. The van der Waals surface area contributed by atoms with Gasteiger partial charge in [-0.25, -0.2) is 4.68 Å². The van der Waals surface area contributed by atoms with E-state index in [0.717, 1.165) is 31.4 Å². The van der Waals surface area contributed by atoms with E-state index in [0.29, 0.717) is 10.6 Å². The van der Waals surface area contributed by atoms with Crippen molar-refractivity contribution in [3.05, 3.63) is 47.2 Å². The Balaban J connectivity index is 1.68. The maximum Gasteiger partial charge on any atom is 0.254 e.